The van der Waals surface area contributed by atoms with Crippen LogP contribution in [0.1, 0.15) is 59.8 Å². The van der Waals surface area contributed by atoms with Gasteiger partial charge < -0.3 is 35.6 Å². The minimum atomic E-state index is -2.28. The first-order valence-electron chi connectivity index (χ1n) is 11.6. The molecule has 34 heavy (non-hydrogen) atoms. The Labute approximate surface area is 202 Å². The van der Waals surface area contributed by atoms with Gasteiger partial charge in [-0.2, -0.15) is 0 Å². The Bertz CT molecular complexity index is 685. The highest BCUT2D eigenvalue weighted by Crippen LogP contribution is 2.28. The van der Waals surface area contributed by atoms with Crippen molar-refractivity contribution in [1.82, 2.24) is 15.5 Å². The molecule has 0 fully saturated rings. The number of nitrogens with one attached hydrogen (secondary N) is 2. The summed E-state index contributed by atoms with van der Waals surface area (Å²) in [7, 11) is 4.56. The number of nitrogens with zero attached hydrogens (tertiary/aromatic N) is 1. The minimum Gasteiger partial charge on any atom is -0.478 e. The second kappa shape index (κ2) is 15.0. The number of carboxylic acids is 1. The molecule has 0 aromatic heterocycles. The van der Waals surface area contributed by atoms with Crippen LogP contribution in [0.2, 0.25) is 0 Å². The zero-order valence-corrected chi connectivity index (χ0v) is 21.5. The molecule has 198 valence electrons. The van der Waals surface area contributed by atoms with Gasteiger partial charge in [0.1, 0.15) is 6.04 Å². The summed E-state index contributed by atoms with van der Waals surface area (Å²) in [5.41, 5.74) is -2.28. The van der Waals surface area contributed by atoms with E-state index in [9.17, 15) is 34.5 Å². The van der Waals surface area contributed by atoms with E-state index < -0.39 is 72.3 Å². The molecule has 0 aliphatic rings. The maximum Gasteiger partial charge on any atom is 0.348 e. The number of ether oxygens (including phenoxy) is 1. The molecule has 6 atom stereocenters. The summed E-state index contributed by atoms with van der Waals surface area (Å²) >= 11 is 0. The lowest BCUT2D eigenvalue weighted by Crippen LogP contribution is -2.56. The van der Waals surface area contributed by atoms with E-state index in [1.807, 2.05) is 0 Å². The third-order valence-corrected chi connectivity index (χ3v) is 5.80. The van der Waals surface area contributed by atoms with Gasteiger partial charge >= 0.3 is 11.9 Å². The van der Waals surface area contributed by atoms with Gasteiger partial charge in [0.15, 0.2) is 5.78 Å². The first-order valence-corrected chi connectivity index (χ1v) is 11.6. The fourth-order valence-electron chi connectivity index (χ4n) is 3.90. The largest absolute Gasteiger partial charge is 0.478 e. The molecule has 0 aromatic carbocycles. The number of likely N-dealkylation sites (N-methyl/N-ethyl adjacent to an activating group) is 3. The highest BCUT2D eigenvalue weighted by Gasteiger charge is 2.48. The van der Waals surface area contributed by atoms with Gasteiger partial charge in [0, 0.05) is 13.5 Å². The molecule has 0 heterocycles. The number of carbonyl (C=O) groups excluding carboxylic acids is 3. The van der Waals surface area contributed by atoms with Crippen molar-refractivity contribution in [3.63, 3.8) is 0 Å². The Hall–Kier alpha value is -2.08. The van der Waals surface area contributed by atoms with Crippen molar-refractivity contribution in [1.29, 1.82) is 0 Å². The molecular weight excluding hydrogens is 446 g/mol. The van der Waals surface area contributed by atoms with Gasteiger partial charge in [-0.25, -0.2) is 9.59 Å². The summed E-state index contributed by atoms with van der Waals surface area (Å²) in [6.07, 6.45) is -1.28. The van der Waals surface area contributed by atoms with Gasteiger partial charge in [0.25, 0.3) is 0 Å². The predicted molar refractivity (Wildman–Crippen MR) is 126 cm³/mol. The fraction of sp³-hybridized carbons (Fsp3) is 0.826. The average molecular weight is 490 g/mol. The van der Waals surface area contributed by atoms with Crippen LogP contribution in [0.3, 0.4) is 0 Å². The summed E-state index contributed by atoms with van der Waals surface area (Å²) in [5.74, 6) is -3.86. The zero-order valence-electron chi connectivity index (χ0n) is 21.5. The number of aliphatic carboxylic acids is 1. The summed E-state index contributed by atoms with van der Waals surface area (Å²) in [4.78, 5) is 52.0. The smallest absolute Gasteiger partial charge is 0.348 e. The van der Waals surface area contributed by atoms with Crippen LogP contribution in [0.15, 0.2) is 0 Å². The topological polar surface area (TPSA) is 165 Å². The standard InChI is InChI=1S/C23H43N3O8/c1-14(9-8-10-15(2)27)19(26(7)20(30)17(4)25-6)21(31)34-23(22(32)33,11-16(3)28)12-18(29)13-24-5/h14-17,19,24-25,27-28H,8-13H2,1-7H3,(H,32,33)/t14-,15?,16?,17+,19+,23?/m1/s1. The second-order valence-electron chi connectivity index (χ2n) is 9.18. The van der Waals surface area contributed by atoms with Crippen LogP contribution >= 0.6 is 0 Å². The van der Waals surface area contributed by atoms with Gasteiger partial charge in [-0.3, -0.25) is 9.59 Å². The lowest BCUT2D eigenvalue weighted by atomic mass is 9.89. The van der Waals surface area contributed by atoms with Crippen molar-refractivity contribution in [2.45, 2.75) is 89.7 Å². The molecule has 0 spiro atoms. The van der Waals surface area contributed by atoms with Crippen molar-refractivity contribution in [3.8, 4) is 0 Å². The lowest BCUT2D eigenvalue weighted by Gasteiger charge is -2.37. The monoisotopic (exact) mass is 489 g/mol. The molecule has 0 aliphatic heterocycles. The number of hydrogen-bond acceptors (Lipinski definition) is 9. The molecule has 11 heteroatoms. The van der Waals surface area contributed by atoms with Crippen LogP contribution in [0.25, 0.3) is 0 Å². The third kappa shape index (κ3) is 10.0. The number of aliphatic hydroxyl groups is 2. The molecule has 0 rings (SSSR count). The minimum absolute atomic E-state index is 0.135. The highest BCUT2D eigenvalue weighted by atomic mass is 16.6. The summed E-state index contributed by atoms with van der Waals surface area (Å²) in [6, 6.07) is -1.74. The molecule has 0 aromatic rings. The van der Waals surface area contributed by atoms with Crippen molar-refractivity contribution >= 4 is 23.6 Å². The van der Waals surface area contributed by atoms with Crippen LogP contribution in [0.4, 0.5) is 0 Å². The van der Waals surface area contributed by atoms with Gasteiger partial charge in [-0.15, -0.1) is 0 Å². The zero-order chi connectivity index (χ0) is 26.6. The lowest BCUT2D eigenvalue weighted by molar-refractivity contribution is -0.189. The SMILES string of the molecule is CNCC(=O)CC(CC(C)O)(OC(=O)[C@H]([C@H](C)CCCC(C)O)N(C)C(=O)[C@H](C)NC)C(=O)O. The quantitative estimate of drug-likeness (QED) is 0.175. The fourth-order valence-corrected chi connectivity index (χ4v) is 3.90. The van der Waals surface area contributed by atoms with Crippen LogP contribution in [-0.2, 0) is 23.9 Å². The van der Waals surface area contributed by atoms with Crippen LogP contribution < -0.4 is 10.6 Å². The molecule has 1 amide bonds. The van der Waals surface area contributed by atoms with Crippen molar-refractivity contribution in [2.24, 2.45) is 5.92 Å². The van der Waals surface area contributed by atoms with Crippen molar-refractivity contribution < 1.29 is 39.2 Å². The van der Waals surface area contributed by atoms with E-state index in [4.69, 9.17) is 4.74 Å². The summed E-state index contributed by atoms with van der Waals surface area (Å²) in [5, 5.41) is 34.9. The van der Waals surface area contributed by atoms with Gasteiger partial charge in [-0.05, 0) is 53.6 Å². The van der Waals surface area contributed by atoms with Crippen LogP contribution in [0.5, 0.6) is 0 Å². The van der Waals surface area contributed by atoms with E-state index >= 15 is 0 Å². The van der Waals surface area contributed by atoms with Crippen LogP contribution in [-0.4, -0.2) is 101 Å². The number of rotatable bonds is 17. The van der Waals surface area contributed by atoms with E-state index in [1.165, 1.54) is 25.9 Å². The molecule has 5 N–H and O–H groups in total. The van der Waals surface area contributed by atoms with Gasteiger partial charge in [0.2, 0.25) is 11.5 Å². The molecule has 0 bridgehead atoms. The molecular formula is C23H43N3O8. The van der Waals surface area contributed by atoms with E-state index in [0.29, 0.717) is 19.3 Å². The molecule has 0 saturated heterocycles. The molecule has 0 aliphatic carbocycles. The Morgan fingerprint density at radius 3 is 2.03 bits per heavy atom. The number of esters is 1. The summed E-state index contributed by atoms with van der Waals surface area (Å²) in [6.45, 7) is 6.23. The summed E-state index contributed by atoms with van der Waals surface area (Å²) < 4.78 is 5.51. The average Bonchev–Trinajstić information content (AvgIpc) is 2.71. The number of Topliss-reactive ketones (excluding diaryl/α,β-unsaturated/α-hetero) is 1. The highest BCUT2D eigenvalue weighted by molar-refractivity contribution is 5.93. The number of aliphatic hydroxyl groups excluding tert-OH is 2. The van der Waals surface area contributed by atoms with Crippen LogP contribution in [0, 0.1) is 5.92 Å². The molecule has 11 nitrogen and oxygen atoms in total. The number of carbonyl (C=O) groups is 4. The first kappa shape index (κ1) is 31.9. The Morgan fingerprint density at radius 1 is 1.00 bits per heavy atom. The van der Waals surface area contributed by atoms with Gasteiger partial charge in [0.05, 0.1) is 31.2 Å². The molecule has 0 radical (unpaired) electrons. The molecule has 3 unspecified atom stereocenters. The number of amides is 1. The van der Waals surface area contributed by atoms with Crippen molar-refractivity contribution in [2.75, 3.05) is 27.7 Å². The first-order chi connectivity index (χ1) is 15.7. The van der Waals surface area contributed by atoms with E-state index in [-0.39, 0.29) is 6.54 Å². The Balaban J connectivity index is 6.14. The number of ketones is 1. The van der Waals surface area contributed by atoms with Crippen molar-refractivity contribution in [3.05, 3.63) is 0 Å². The third-order valence-electron chi connectivity index (χ3n) is 5.80. The second-order valence-corrected chi connectivity index (χ2v) is 9.18. The molecule has 0 saturated carbocycles. The Kier molecular flexibility index (Phi) is 14.1. The van der Waals surface area contributed by atoms with Gasteiger partial charge in [-0.1, -0.05) is 13.3 Å². The maximum atomic E-state index is 13.4. The number of carboxylic acid groups (broad SMARTS) is 1. The van der Waals surface area contributed by atoms with E-state index in [0.717, 1.165) is 0 Å². The number of hydrogen-bond donors (Lipinski definition) is 5. The van der Waals surface area contributed by atoms with E-state index in [2.05, 4.69) is 10.6 Å². The Morgan fingerprint density at radius 2 is 1.59 bits per heavy atom. The normalized spacial score (nSPS) is 17.6. The maximum absolute atomic E-state index is 13.4. The predicted octanol–water partition coefficient (Wildman–Crippen LogP) is -0.0754. The van der Waals surface area contributed by atoms with E-state index in [1.54, 1.807) is 27.8 Å².